The highest BCUT2D eigenvalue weighted by atomic mass is 35.5. The van der Waals surface area contributed by atoms with Crippen LogP contribution in [0.25, 0.3) is 0 Å². The molecule has 146 valence electrons. The smallest absolute Gasteiger partial charge is 0.240 e. The average Bonchev–Trinajstić information content (AvgIpc) is 3.00. The largest absolute Gasteiger partial charge is 0.494 e. The highest BCUT2D eigenvalue weighted by Crippen LogP contribution is 2.27. The van der Waals surface area contributed by atoms with E-state index in [4.69, 9.17) is 16.3 Å². The number of aliphatic imine (C=N–C) groups is 1. The van der Waals surface area contributed by atoms with Crippen molar-refractivity contribution in [3.05, 3.63) is 53.1 Å². The zero-order chi connectivity index (χ0) is 20.1. The van der Waals surface area contributed by atoms with Gasteiger partial charge >= 0.3 is 0 Å². The zero-order valence-corrected chi connectivity index (χ0v) is 17.1. The summed E-state index contributed by atoms with van der Waals surface area (Å²) in [5.41, 5.74) is 2.13. The number of nitrogens with one attached hydrogen (secondary N) is 2. The van der Waals surface area contributed by atoms with Crippen molar-refractivity contribution in [1.82, 2.24) is 5.32 Å². The topological polar surface area (TPSA) is 79.8 Å². The first-order chi connectivity index (χ1) is 13.5. The molecular weight excluding hydrogens is 398 g/mol. The molecule has 2 N–H and O–H groups in total. The number of benzene rings is 2. The SMILES string of the molecule is CCOc1ccc(N=C2NC(=O)[C@@H](CC(=O)Nc3cccc(Cl)c3C)S2)cc1. The fourth-order valence-corrected chi connectivity index (χ4v) is 3.77. The third-order valence-electron chi connectivity index (χ3n) is 4.07. The van der Waals surface area contributed by atoms with E-state index in [0.717, 1.165) is 11.3 Å². The fourth-order valence-electron chi connectivity index (χ4n) is 2.61. The van der Waals surface area contributed by atoms with Crippen molar-refractivity contribution >= 4 is 51.7 Å². The van der Waals surface area contributed by atoms with Gasteiger partial charge in [-0.3, -0.25) is 9.59 Å². The van der Waals surface area contributed by atoms with Gasteiger partial charge in [0.2, 0.25) is 11.8 Å². The number of carbonyl (C=O) groups is 2. The van der Waals surface area contributed by atoms with Crippen LogP contribution in [0.4, 0.5) is 11.4 Å². The Morgan fingerprint density at radius 1 is 1.29 bits per heavy atom. The predicted octanol–water partition coefficient (Wildman–Crippen LogP) is 4.30. The van der Waals surface area contributed by atoms with E-state index >= 15 is 0 Å². The third-order valence-corrected chi connectivity index (χ3v) is 5.56. The standard InChI is InChI=1S/C20H20ClN3O3S/c1-3-27-14-9-7-13(8-10-14)22-20-24-19(26)17(28-20)11-18(25)23-16-6-4-5-15(21)12(16)2/h4-10,17H,3,11H2,1-2H3,(H,23,25)(H,22,24,26)/t17-/m1/s1. The monoisotopic (exact) mass is 417 g/mol. The summed E-state index contributed by atoms with van der Waals surface area (Å²) in [5.74, 6) is 0.286. The molecule has 1 atom stereocenters. The van der Waals surface area contributed by atoms with Crippen LogP contribution in [0.3, 0.4) is 0 Å². The maximum atomic E-state index is 12.3. The summed E-state index contributed by atoms with van der Waals surface area (Å²) in [4.78, 5) is 28.9. The molecule has 1 aliphatic rings. The van der Waals surface area contributed by atoms with E-state index in [9.17, 15) is 9.59 Å². The number of halogens is 1. The van der Waals surface area contributed by atoms with Crippen molar-refractivity contribution < 1.29 is 14.3 Å². The summed E-state index contributed by atoms with van der Waals surface area (Å²) in [6.07, 6.45) is 0.0464. The first-order valence-corrected chi connectivity index (χ1v) is 10.1. The maximum Gasteiger partial charge on any atom is 0.240 e. The van der Waals surface area contributed by atoms with Gasteiger partial charge < -0.3 is 15.4 Å². The van der Waals surface area contributed by atoms with Crippen LogP contribution in [0, 0.1) is 6.92 Å². The Balaban J connectivity index is 1.61. The minimum atomic E-state index is -0.527. The van der Waals surface area contributed by atoms with Gasteiger partial charge in [-0.05, 0) is 55.8 Å². The summed E-state index contributed by atoms with van der Waals surface area (Å²) >= 11 is 7.32. The van der Waals surface area contributed by atoms with Crippen LogP contribution in [0.15, 0.2) is 47.5 Å². The molecule has 2 amide bonds. The number of carbonyl (C=O) groups excluding carboxylic acids is 2. The van der Waals surface area contributed by atoms with Crippen LogP contribution < -0.4 is 15.4 Å². The Morgan fingerprint density at radius 2 is 2.04 bits per heavy atom. The van der Waals surface area contributed by atoms with E-state index < -0.39 is 5.25 Å². The summed E-state index contributed by atoms with van der Waals surface area (Å²) in [7, 11) is 0. The molecule has 3 rings (SSSR count). The van der Waals surface area contributed by atoms with E-state index in [1.165, 1.54) is 11.8 Å². The minimum absolute atomic E-state index is 0.0464. The summed E-state index contributed by atoms with van der Waals surface area (Å²) in [6, 6.07) is 12.6. The molecule has 0 aliphatic carbocycles. The van der Waals surface area contributed by atoms with E-state index in [1.807, 2.05) is 38.1 Å². The lowest BCUT2D eigenvalue weighted by molar-refractivity contribution is -0.122. The van der Waals surface area contributed by atoms with E-state index in [0.29, 0.717) is 28.2 Å². The Bertz CT molecular complexity index is 915. The number of amidine groups is 1. The van der Waals surface area contributed by atoms with Crippen LogP contribution in [0.5, 0.6) is 5.75 Å². The Hall–Kier alpha value is -2.51. The first kappa shape index (κ1) is 20.2. The molecule has 2 aromatic carbocycles. The number of amides is 2. The lowest BCUT2D eigenvalue weighted by Crippen LogP contribution is -2.28. The van der Waals surface area contributed by atoms with E-state index in [1.54, 1.807) is 18.2 Å². The fraction of sp³-hybridized carbons (Fsp3) is 0.250. The summed E-state index contributed by atoms with van der Waals surface area (Å²) in [5, 5.41) is 6.06. The molecule has 0 unspecified atom stereocenters. The number of anilines is 1. The molecule has 2 aromatic rings. The highest BCUT2D eigenvalue weighted by molar-refractivity contribution is 8.15. The van der Waals surface area contributed by atoms with Crippen molar-refractivity contribution in [3.8, 4) is 5.75 Å². The second-order valence-corrected chi connectivity index (χ2v) is 7.70. The molecule has 8 heteroatoms. The van der Waals surface area contributed by atoms with Gasteiger partial charge in [0.25, 0.3) is 0 Å². The van der Waals surface area contributed by atoms with Gasteiger partial charge in [0.15, 0.2) is 5.17 Å². The normalized spacial score (nSPS) is 17.5. The second kappa shape index (κ2) is 9.12. The van der Waals surface area contributed by atoms with Crippen molar-refractivity contribution in [3.63, 3.8) is 0 Å². The van der Waals surface area contributed by atoms with Crippen molar-refractivity contribution in [2.24, 2.45) is 4.99 Å². The lowest BCUT2D eigenvalue weighted by atomic mass is 10.2. The Labute approximate surface area is 172 Å². The Morgan fingerprint density at radius 3 is 2.75 bits per heavy atom. The van der Waals surface area contributed by atoms with Crippen molar-refractivity contribution in [2.45, 2.75) is 25.5 Å². The van der Waals surface area contributed by atoms with Gasteiger partial charge in [0.05, 0.1) is 12.3 Å². The zero-order valence-electron chi connectivity index (χ0n) is 15.5. The average molecular weight is 418 g/mol. The molecule has 1 saturated heterocycles. The van der Waals surface area contributed by atoms with Gasteiger partial charge in [0, 0.05) is 17.1 Å². The number of ether oxygens (including phenoxy) is 1. The quantitative estimate of drug-likeness (QED) is 0.734. The van der Waals surface area contributed by atoms with Crippen molar-refractivity contribution in [1.29, 1.82) is 0 Å². The van der Waals surface area contributed by atoms with Gasteiger partial charge in [0.1, 0.15) is 11.0 Å². The predicted molar refractivity (Wildman–Crippen MR) is 114 cm³/mol. The number of nitrogens with zero attached hydrogens (tertiary/aromatic N) is 1. The van der Waals surface area contributed by atoms with Crippen molar-refractivity contribution in [2.75, 3.05) is 11.9 Å². The first-order valence-electron chi connectivity index (χ1n) is 8.80. The molecular formula is C20H20ClN3O3S. The molecule has 0 bridgehead atoms. The number of thioether (sulfide) groups is 1. The molecule has 0 spiro atoms. The Kier molecular flexibility index (Phi) is 6.59. The van der Waals surface area contributed by atoms with Gasteiger partial charge in [-0.15, -0.1) is 0 Å². The number of rotatable bonds is 6. The molecule has 28 heavy (non-hydrogen) atoms. The van der Waals surface area contributed by atoms with Crippen LogP contribution in [0.2, 0.25) is 5.02 Å². The van der Waals surface area contributed by atoms with Gasteiger partial charge in [-0.2, -0.15) is 0 Å². The molecule has 0 aromatic heterocycles. The highest BCUT2D eigenvalue weighted by Gasteiger charge is 2.32. The number of hydrogen-bond donors (Lipinski definition) is 2. The molecule has 1 aliphatic heterocycles. The van der Waals surface area contributed by atoms with E-state index in [2.05, 4.69) is 15.6 Å². The van der Waals surface area contributed by atoms with E-state index in [-0.39, 0.29) is 18.2 Å². The molecule has 6 nitrogen and oxygen atoms in total. The van der Waals surface area contributed by atoms with Gasteiger partial charge in [-0.1, -0.05) is 29.4 Å². The van der Waals surface area contributed by atoms with Crippen LogP contribution >= 0.6 is 23.4 Å². The van der Waals surface area contributed by atoms with Crippen LogP contribution in [-0.4, -0.2) is 28.8 Å². The van der Waals surface area contributed by atoms with Crippen LogP contribution in [-0.2, 0) is 9.59 Å². The summed E-state index contributed by atoms with van der Waals surface area (Å²) in [6.45, 7) is 4.34. The minimum Gasteiger partial charge on any atom is -0.494 e. The van der Waals surface area contributed by atoms with Crippen LogP contribution in [0.1, 0.15) is 18.9 Å². The lowest BCUT2D eigenvalue weighted by Gasteiger charge is -2.10. The molecule has 1 fully saturated rings. The number of hydrogen-bond acceptors (Lipinski definition) is 5. The van der Waals surface area contributed by atoms with Gasteiger partial charge in [-0.25, -0.2) is 4.99 Å². The second-order valence-electron chi connectivity index (χ2n) is 6.10. The molecule has 1 heterocycles. The molecule has 0 radical (unpaired) electrons. The molecule has 0 saturated carbocycles. The third kappa shape index (κ3) is 5.05. The summed E-state index contributed by atoms with van der Waals surface area (Å²) < 4.78 is 5.40. The maximum absolute atomic E-state index is 12.3.